The van der Waals surface area contributed by atoms with E-state index in [1.165, 1.54) is 11.1 Å². The molecule has 5 nitrogen and oxygen atoms in total. The van der Waals surface area contributed by atoms with Crippen LogP contribution in [-0.4, -0.2) is 35.9 Å². The van der Waals surface area contributed by atoms with Crippen molar-refractivity contribution in [3.8, 4) is 23.0 Å². The zero-order valence-electron chi connectivity index (χ0n) is 13.9. The van der Waals surface area contributed by atoms with Gasteiger partial charge >= 0.3 is 0 Å². The number of phenols is 2. The summed E-state index contributed by atoms with van der Waals surface area (Å²) in [7, 11) is 3.31. The Labute approximate surface area is 141 Å². The largest absolute Gasteiger partial charge is 0.504 e. The highest BCUT2D eigenvalue weighted by atomic mass is 16.5. The van der Waals surface area contributed by atoms with Crippen molar-refractivity contribution in [3.63, 3.8) is 0 Å². The molecule has 0 radical (unpaired) electrons. The molecule has 24 heavy (non-hydrogen) atoms. The van der Waals surface area contributed by atoms with Gasteiger partial charge in [-0.05, 0) is 59.4 Å². The standard InChI is InChI=1S/C19H21NO4/c1-23-18-8-11-3-4-20-10-13-7-17(22)16(21)6-12(13)5-15(20)14(11)9-19(18)24-2/h6-9,15,21-22H,3-5,10H2,1-2H3/t15-/m0/s1. The number of nitrogens with zero attached hydrogens (tertiary/aromatic N) is 1. The maximum atomic E-state index is 9.82. The lowest BCUT2D eigenvalue weighted by atomic mass is 9.83. The van der Waals surface area contributed by atoms with Gasteiger partial charge in [-0.25, -0.2) is 0 Å². The van der Waals surface area contributed by atoms with Gasteiger partial charge in [0.15, 0.2) is 23.0 Å². The minimum Gasteiger partial charge on any atom is -0.504 e. The molecule has 5 heteroatoms. The zero-order valence-corrected chi connectivity index (χ0v) is 13.9. The SMILES string of the molecule is COc1cc2c(cc1OC)[C@@H]1Cc3cc(O)c(O)cc3CN1CC2. The first-order valence-electron chi connectivity index (χ1n) is 8.13. The molecule has 2 aliphatic rings. The summed E-state index contributed by atoms with van der Waals surface area (Å²) in [5, 5.41) is 19.6. The van der Waals surface area contributed by atoms with Crippen LogP contribution in [0.2, 0.25) is 0 Å². The molecule has 2 heterocycles. The van der Waals surface area contributed by atoms with Crippen LogP contribution < -0.4 is 9.47 Å². The molecule has 0 spiro atoms. The Kier molecular flexibility index (Phi) is 3.53. The van der Waals surface area contributed by atoms with E-state index in [2.05, 4.69) is 17.0 Å². The molecule has 1 atom stereocenters. The molecule has 2 N–H and O–H groups in total. The Hall–Kier alpha value is -2.40. The van der Waals surface area contributed by atoms with Crippen molar-refractivity contribution in [2.45, 2.75) is 25.4 Å². The third-order valence-corrected chi connectivity index (χ3v) is 5.20. The zero-order chi connectivity index (χ0) is 16.8. The molecule has 0 aromatic heterocycles. The fourth-order valence-electron chi connectivity index (χ4n) is 3.94. The lowest BCUT2D eigenvalue weighted by molar-refractivity contribution is 0.160. The number of ether oxygens (including phenoxy) is 2. The predicted octanol–water partition coefficient (Wildman–Crippen LogP) is 2.77. The Morgan fingerprint density at radius 1 is 0.917 bits per heavy atom. The summed E-state index contributed by atoms with van der Waals surface area (Å²) < 4.78 is 10.9. The van der Waals surface area contributed by atoms with Crippen molar-refractivity contribution >= 4 is 0 Å². The van der Waals surface area contributed by atoms with Crippen molar-refractivity contribution in [1.82, 2.24) is 4.90 Å². The fourth-order valence-corrected chi connectivity index (χ4v) is 3.94. The predicted molar refractivity (Wildman–Crippen MR) is 89.9 cm³/mol. The van der Waals surface area contributed by atoms with E-state index in [1.807, 2.05) is 0 Å². The molecule has 2 aromatic carbocycles. The van der Waals surface area contributed by atoms with E-state index in [1.54, 1.807) is 26.4 Å². The number of methoxy groups -OCH3 is 2. The summed E-state index contributed by atoms with van der Waals surface area (Å²) in [6, 6.07) is 7.79. The van der Waals surface area contributed by atoms with Gasteiger partial charge in [-0.1, -0.05) is 0 Å². The summed E-state index contributed by atoms with van der Waals surface area (Å²) in [6.07, 6.45) is 1.78. The van der Waals surface area contributed by atoms with Gasteiger partial charge in [-0.15, -0.1) is 0 Å². The van der Waals surface area contributed by atoms with Gasteiger partial charge in [0.1, 0.15) is 0 Å². The molecular formula is C19H21NO4. The van der Waals surface area contributed by atoms with Crippen LogP contribution in [-0.2, 0) is 19.4 Å². The quantitative estimate of drug-likeness (QED) is 0.831. The first kappa shape index (κ1) is 15.1. The molecule has 126 valence electrons. The van der Waals surface area contributed by atoms with Gasteiger partial charge in [0.05, 0.1) is 14.2 Å². The van der Waals surface area contributed by atoms with Crippen LogP contribution in [0.5, 0.6) is 23.0 Å². The number of rotatable bonds is 2. The maximum Gasteiger partial charge on any atom is 0.161 e. The van der Waals surface area contributed by atoms with Crippen LogP contribution in [0.15, 0.2) is 24.3 Å². The number of hydrogen-bond donors (Lipinski definition) is 2. The van der Waals surface area contributed by atoms with E-state index < -0.39 is 0 Å². The molecule has 0 saturated carbocycles. The van der Waals surface area contributed by atoms with Crippen molar-refractivity contribution in [1.29, 1.82) is 0 Å². The first-order chi connectivity index (χ1) is 11.6. The molecule has 2 aromatic rings. The molecular weight excluding hydrogens is 306 g/mol. The monoisotopic (exact) mass is 327 g/mol. The summed E-state index contributed by atoms with van der Waals surface area (Å²) in [5.41, 5.74) is 4.73. The van der Waals surface area contributed by atoms with Crippen LogP contribution in [0.25, 0.3) is 0 Å². The van der Waals surface area contributed by atoms with E-state index in [0.29, 0.717) is 0 Å². The highest BCUT2D eigenvalue weighted by Crippen LogP contribution is 2.43. The van der Waals surface area contributed by atoms with E-state index in [0.717, 1.165) is 48.6 Å². The van der Waals surface area contributed by atoms with Crippen molar-refractivity contribution in [2.24, 2.45) is 0 Å². The van der Waals surface area contributed by atoms with Crippen LogP contribution in [0.3, 0.4) is 0 Å². The molecule has 0 aliphatic carbocycles. The van der Waals surface area contributed by atoms with Crippen LogP contribution in [0.4, 0.5) is 0 Å². The minimum atomic E-state index is -0.0504. The Morgan fingerprint density at radius 3 is 2.29 bits per heavy atom. The second-order valence-electron chi connectivity index (χ2n) is 6.46. The van der Waals surface area contributed by atoms with Crippen LogP contribution in [0, 0.1) is 0 Å². The Balaban J connectivity index is 1.77. The third-order valence-electron chi connectivity index (χ3n) is 5.20. The van der Waals surface area contributed by atoms with E-state index in [4.69, 9.17) is 9.47 Å². The van der Waals surface area contributed by atoms with Gasteiger partial charge in [-0.2, -0.15) is 0 Å². The smallest absolute Gasteiger partial charge is 0.161 e. The minimum absolute atomic E-state index is 0.0454. The second kappa shape index (κ2) is 5.60. The van der Waals surface area contributed by atoms with Gasteiger partial charge < -0.3 is 19.7 Å². The highest BCUT2D eigenvalue weighted by molar-refractivity contribution is 5.52. The highest BCUT2D eigenvalue weighted by Gasteiger charge is 2.33. The third kappa shape index (κ3) is 2.27. The molecule has 0 fully saturated rings. The molecule has 0 unspecified atom stereocenters. The van der Waals surface area contributed by atoms with Gasteiger partial charge in [-0.3, -0.25) is 4.90 Å². The number of benzene rings is 2. The number of fused-ring (bicyclic) bond motifs is 4. The van der Waals surface area contributed by atoms with Crippen molar-refractivity contribution in [3.05, 3.63) is 46.5 Å². The molecule has 0 bridgehead atoms. The number of phenolic OH excluding ortho intramolecular Hbond substituents is 2. The lowest BCUT2D eigenvalue weighted by Gasteiger charge is -2.41. The normalized spacial score (nSPS) is 19.2. The van der Waals surface area contributed by atoms with Crippen LogP contribution >= 0.6 is 0 Å². The maximum absolute atomic E-state index is 9.82. The Bertz CT molecular complexity index is 802. The fraction of sp³-hybridized carbons (Fsp3) is 0.368. The summed E-state index contributed by atoms with van der Waals surface area (Å²) in [4.78, 5) is 2.42. The summed E-state index contributed by atoms with van der Waals surface area (Å²) in [6.45, 7) is 1.75. The van der Waals surface area contributed by atoms with E-state index in [9.17, 15) is 10.2 Å². The van der Waals surface area contributed by atoms with Gasteiger partial charge in [0.2, 0.25) is 0 Å². The molecule has 0 saturated heterocycles. The topological polar surface area (TPSA) is 62.2 Å². The van der Waals surface area contributed by atoms with E-state index >= 15 is 0 Å². The van der Waals surface area contributed by atoms with Crippen molar-refractivity contribution in [2.75, 3.05) is 20.8 Å². The van der Waals surface area contributed by atoms with Crippen LogP contribution in [0.1, 0.15) is 28.3 Å². The van der Waals surface area contributed by atoms with E-state index in [-0.39, 0.29) is 17.5 Å². The van der Waals surface area contributed by atoms with Crippen molar-refractivity contribution < 1.29 is 19.7 Å². The number of aromatic hydroxyl groups is 2. The summed E-state index contributed by atoms with van der Waals surface area (Å²) in [5.74, 6) is 1.42. The molecule has 0 amide bonds. The number of hydrogen-bond acceptors (Lipinski definition) is 5. The second-order valence-corrected chi connectivity index (χ2v) is 6.46. The molecule has 4 rings (SSSR count). The molecule has 2 aliphatic heterocycles. The first-order valence-corrected chi connectivity index (χ1v) is 8.13. The van der Waals surface area contributed by atoms with Gasteiger partial charge in [0, 0.05) is 19.1 Å². The Morgan fingerprint density at radius 2 is 1.58 bits per heavy atom. The average molecular weight is 327 g/mol. The average Bonchev–Trinajstić information content (AvgIpc) is 2.60. The lowest BCUT2D eigenvalue weighted by Crippen LogP contribution is -2.39. The summed E-state index contributed by atoms with van der Waals surface area (Å²) >= 11 is 0. The van der Waals surface area contributed by atoms with Gasteiger partial charge in [0.25, 0.3) is 0 Å².